The second-order valence-electron chi connectivity index (χ2n) is 4.11. The fraction of sp³-hybridized carbons (Fsp3) is 0. The molecule has 2 heterocycles. The molecule has 104 valence electrons. The predicted octanol–water partition coefficient (Wildman–Crippen LogP) is 1.96. The highest BCUT2D eigenvalue weighted by molar-refractivity contribution is 6.34. The molecule has 0 aliphatic carbocycles. The van der Waals surface area contributed by atoms with Gasteiger partial charge in [-0.15, -0.1) is 5.10 Å². The number of hydrogen-bond acceptors (Lipinski definition) is 5. The molecule has 0 fully saturated rings. The van der Waals surface area contributed by atoms with Crippen LogP contribution in [0.3, 0.4) is 0 Å². The molecule has 1 N–H and O–H groups in total. The molecule has 0 bridgehead atoms. The lowest BCUT2D eigenvalue weighted by atomic mass is 10.2. The Hall–Kier alpha value is -2.80. The maximum Gasteiger partial charge on any atom is 0.257 e. The van der Waals surface area contributed by atoms with E-state index in [1.54, 1.807) is 36.5 Å². The lowest BCUT2D eigenvalue weighted by molar-refractivity contribution is 0.102. The summed E-state index contributed by atoms with van der Waals surface area (Å²) in [4.78, 5) is 16.0. The van der Waals surface area contributed by atoms with Gasteiger partial charge in [-0.1, -0.05) is 11.6 Å². The first-order valence-electron chi connectivity index (χ1n) is 5.98. The van der Waals surface area contributed by atoms with Crippen LogP contribution < -0.4 is 5.32 Å². The van der Waals surface area contributed by atoms with Crippen molar-refractivity contribution in [2.24, 2.45) is 0 Å². The first-order chi connectivity index (χ1) is 10.2. The van der Waals surface area contributed by atoms with E-state index < -0.39 is 0 Å². The van der Waals surface area contributed by atoms with E-state index in [1.807, 2.05) is 0 Å². The molecule has 2 aromatic heterocycles. The number of aromatic nitrogens is 5. The third-order valence-corrected chi connectivity index (χ3v) is 3.07. The van der Waals surface area contributed by atoms with Crippen LogP contribution in [0.1, 0.15) is 10.4 Å². The van der Waals surface area contributed by atoms with Gasteiger partial charge in [-0.05, 0) is 40.8 Å². The van der Waals surface area contributed by atoms with Gasteiger partial charge in [-0.3, -0.25) is 9.78 Å². The lowest BCUT2D eigenvalue weighted by Gasteiger charge is -2.09. The average molecular weight is 301 g/mol. The normalized spacial score (nSPS) is 10.3. The van der Waals surface area contributed by atoms with Crippen molar-refractivity contribution in [3.63, 3.8) is 0 Å². The Labute approximate surface area is 124 Å². The summed E-state index contributed by atoms with van der Waals surface area (Å²) in [6.07, 6.45) is 4.53. The van der Waals surface area contributed by atoms with Crippen molar-refractivity contribution in [3.8, 4) is 5.69 Å². The van der Waals surface area contributed by atoms with Crippen molar-refractivity contribution in [2.75, 3.05) is 5.32 Å². The zero-order valence-electron chi connectivity index (χ0n) is 10.6. The number of nitrogens with zero attached hydrogens (tertiary/aromatic N) is 5. The van der Waals surface area contributed by atoms with Gasteiger partial charge in [0, 0.05) is 12.4 Å². The number of tetrazole rings is 1. The maximum absolute atomic E-state index is 12.1. The molecule has 0 saturated carbocycles. The molecule has 0 unspecified atom stereocenters. The van der Waals surface area contributed by atoms with Crippen molar-refractivity contribution < 1.29 is 4.79 Å². The van der Waals surface area contributed by atoms with Crippen molar-refractivity contribution >= 4 is 23.2 Å². The minimum absolute atomic E-state index is 0.293. The number of nitrogens with one attached hydrogen (secondary N) is 1. The summed E-state index contributed by atoms with van der Waals surface area (Å²) < 4.78 is 1.47. The Balaban J connectivity index is 1.88. The van der Waals surface area contributed by atoms with Crippen LogP contribution in [-0.2, 0) is 0 Å². The molecule has 0 spiro atoms. The zero-order chi connectivity index (χ0) is 14.7. The van der Waals surface area contributed by atoms with E-state index in [9.17, 15) is 4.79 Å². The van der Waals surface area contributed by atoms with E-state index in [2.05, 4.69) is 25.8 Å². The minimum atomic E-state index is -0.293. The van der Waals surface area contributed by atoms with Crippen LogP contribution in [-0.4, -0.2) is 31.1 Å². The van der Waals surface area contributed by atoms with Gasteiger partial charge in [0.15, 0.2) is 0 Å². The van der Waals surface area contributed by atoms with E-state index in [0.717, 1.165) is 0 Å². The zero-order valence-corrected chi connectivity index (χ0v) is 11.4. The number of rotatable bonds is 3. The van der Waals surface area contributed by atoms with Crippen molar-refractivity contribution in [3.05, 3.63) is 59.6 Å². The number of carbonyl (C=O) groups is 1. The van der Waals surface area contributed by atoms with Crippen LogP contribution in [0.5, 0.6) is 0 Å². The fourth-order valence-corrected chi connectivity index (χ4v) is 1.89. The average Bonchev–Trinajstić information content (AvgIpc) is 3.04. The summed E-state index contributed by atoms with van der Waals surface area (Å²) in [7, 11) is 0. The summed E-state index contributed by atoms with van der Waals surface area (Å²) in [6.45, 7) is 0. The van der Waals surface area contributed by atoms with Crippen molar-refractivity contribution in [1.29, 1.82) is 0 Å². The monoisotopic (exact) mass is 300 g/mol. The quantitative estimate of drug-likeness (QED) is 0.799. The van der Waals surface area contributed by atoms with Crippen LogP contribution in [0.25, 0.3) is 5.69 Å². The molecule has 0 aliphatic heterocycles. The van der Waals surface area contributed by atoms with E-state index in [-0.39, 0.29) is 5.91 Å². The van der Waals surface area contributed by atoms with Crippen LogP contribution in [0.2, 0.25) is 5.02 Å². The number of anilines is 1. The highest BCUT2D eigenvalue weighted by Crippen LogP contribution is 2.24. The molecule has 8 heteroatoms. The molecular weight excluding hydrogens is 292 g/mol. The third kappa shape index (κ3) is 2.87. The molecule has 7 nitrogen and oxygen atoms in total. The molecule has 1 aromatic carbocycles. The first kappa shape index (κ1) is 13.2. The SMILES string of the molecule is O=C(Nc1cc(-n2cnnn2)ccc1Cl)c1cccnc1. The van der Waals surface area contributed by atoms with Crippen LogP contribution >= 0.6 is 11.6 Å². The minimum Gasteiger partial charge on any atom is -0.321 e. The number of amides is 1. The van der Waals surface area contributed by atoms with Gasteiger partial charge in [-0.2, -0.15) is 0 Å². The van der Waals surface area contributed by atoms with Crippen LogP contribution in [0.4, 0.5) is 5.69 Å². The Morgan fingerprint density at radius 1 is 1.29 bits per heavy atom. The maximum atomic E-state index is 12.1. The van der Waals surface area contributed by atoms with Gasteiger partial charge >= 0.3 is 0 Å². The van der Waals surface area contributed by atoms with Gasteiger partial charge < -0.3 is 5.32 Å². The topological polar surface area (TPSA) is 85.6 Å². The van der Waals surface area contributed by atoms with E-state index >= 15 is 0 Å². The molecule has 3 rings (SSSR count). The molecular formula is C13H9ClN6O. The summed E-state index contributed by atoms with van der Waals surface area (Å²) in [5, 5.41) is 14.1. The van der Waals surface area contributed by atoms with E-state index in [0.29, 0.717) is 22.0 Å². The second-order valence-corrected chi connectivity index (χ2v) is 4.52. The van der Waals surface area contributed by atoms with Crippen LogP contribution in [0, 0.1) is 0 Å². The molecule has 21 heavy (non-hydrogen) atoms. The first-order valence-corrected chi connectivity index (χ1v) is 6.36. The standard InChI is InChI=1S/C13H9ClN6O/c14-11-4-3-10(20-8-16-18-19-20)6-12(11)17-13(21)9-2-1-5-15-7-9/h1-8H,(H,17,21). The van der Waals surface area contributed by atoms with Gasteiger partial charge in [-0.25, -0.2) is 4.68 Å². The number of carbonyl (C=O) groups excluding carboxylic acids is 1. The van der Waals surface area contributed by atoms with Gasteiger partial charge in [0.1, 0.15) is 6.33 Å². The largest absolute Gasteiger partial charge is 0.321 e. The van der Waals surface area contributed by atoms with Crippen molar-refractivity contribution in [2.45, 2.75) is 0 Å². The summed E-state index contributed by atoms with van der Waals surface area (Å²) >= 11 is 6.10. The molecule has 1 amide bonds. The van der Waals surface area contributed by atoms with Gasteiger partial charge in [0.2, 0.25) is 0 Å². The number of halogens is 1. The number of benzene rings is 1. The molecule has 0 saturated heterocycles. The Bertz CT molecular complexity index is 760. The predicted molar refractivity (Wildman–Crippen MR) is 76.4 cm³/mol. The number of pyridine rings is 1. The third-order valence-electron chi connectivity index (χ3n) is 2.74. The summed E-state index contributed by atoms with van der Waals surface area (Å²) in [6, 6.07) is 8.46. The highest BCUT2D eigenvalue weighted by atomic mass is 35.5. The highest BCUT2D eigenvalue weighted by Gasteiger charge is 2.10. The molecule has 0 aliphatic rings. The Kier molecular flexibility index (Phi) is 3.57. The second kappa shape index (κ2) is 5.68. The Morgan fingerprint density at radius 2 is 2.19 bits per heavy atom. The lowest BCUT2D eigenvalue weighted by Crippen LogP contribution is -2.12. The van der Waals surface area contributed by atoms with Crippen LogP contribution in [0.15, 0.2) is 49.1 Å². The van der Waals surface area contributed by atoms with Gasteiger partial charge in [0.25, 0.3) is 5.91 Å². The van der Waals surface area contributed by atoms with E-state index in [1.165, 1.54) is 17.2 Å². The van der Waals surface area contributed by atoms with Crippen molar-refractivity contribution in [1.82, 2.24) is 25.2 Å². The summed E-state index contributed by atoms with van der Waals surface area (Å²) in [5.41, 5.74) is 1.60. The molecule has 0 radical (unpaired) electrons. The molecule has 0 atom stereocenters. The number of hydrogen-bond donors (Lipinski definition) is 1. The smallest absolute Gasteiger partial charge is 0.257 e. The van der Waals surface area contributed by atoms with Gasteiger partial charge in [0.05, 0.1) is 22.0 Å². The molecule has 3 aromatic rings. The van der Waals surface area contributed by atoms with E-state index in [4.69, 9.17) is 11.6 Å². The summed E-state index contributed by atoms with van der Waals surface area (Å²) in [5.74, 6) is -0.293. The Morgan fingerprint density at radius 3 is 2.90 bits per heavy atom. The fourth-order valence-electron chi connectivity index (χ4n) is 1.72.